The van der Waals surface area contributed by atoms with Crippen LogP contribution in [-0.4, -0.2) is 0 Å². The van der Waals surface area contributed by atoms with Crippen LogP contribution in [0.5, 0.6) is 0 Å². The normalized spacial score (nSPS) is 19.8. The van der Waals surface area contributed by atoms with E-state index < -0.39 is 0 Å². The highest BCUT2D eigenvalue weighted by Gasteiger charge is 2.60. The van der Waals surface area contributed by atoms with E-state index in [1.54, 1.807) is 0 Å². The van der Waals surface area contributed by atoms with Gasteiger partial charge in [0.25, 0.3) is 0 Å². The molecule has 0 N–H and O–H groups in total. The number of hydrogen-bond acceptors (Lipinski definition) is 0. The molecule has 0 spiro atoms. The molecular weight excluding hydrogens is 252 g/mol. The van der Waals surface area contributed by atoms with E-state index in [0.29, 0.717) is 0 Å². The third kappa shape index (κ3) is 1.51. The van der Waals surface area contributed by atoms with E-state index in [9.17, 15) is 0 Å². The molecule has 104 valence electrons. The quantitative estimate of drug-likeness (QED) is 0.461. The van der Waals surface area contributed by atoms with Crippen LogP contribution in [0.4, 0.5) is 0 Å². The zero-order chi connectivity index (χ0) is 14.8. The number of allylic oxidation sites excluding steroid dienone is 1. The lowest BCUT2D eigenvalue weighted by Gasteiger charge is -2.02. The standard InChI is InChI=1S/C21H20/c1-20(2)19(21(20,3)4)13-18-16-11-7-5-9-14(16)15-10-6-8-12-17(15)18/h5-12H,1-4H3. The summed E-state index contributed by atoms with van der Waals surface area (Å²) < 4.78 is 0. The summed E-state index contributed by atoms with van der Waals surface area (Å²) in [5, 5.41) is 0. The second-order valence-corrected chi connectivity index (χ2v) is 7.22. The van der Waals surface area contributed by atoms with E-state index in [0.717, 1.165) is 0 Å². The summed E-state index contributed by atoms with van der Waals surface area (Å²) >= 11 is 0. The molecule has 2 aromatic carbocycles. The number of rotatable bonds is 0. The van der Waals surface area contributed by atoms with E-state index >= 15 is 0 Å². The van der Waals surface area contributed by atoms with Crippen LogP contribution in [0.1, 0.15) is 38.8 Å². The Bertz CT molecular complexity index is 761. The summed E-state index contributed by atoms with van der Waals surface area (Å²) in [6, 6.07) is 17.4. The molecule has 0 amide bonds. The summed E-state index contributed by atoms with van der Waals surface area (Å²) in [6.07, 6.45) is 0. The number of benzene rings is 2. The molecule has 0 bridgehead atoms. The lowest BCUT2D eigenvalue weighted by atomic mass is 10.0. The predicted octanol–water partition coefficient (Wildman–Crippen LogP) is 5.69. The molecule has 2 aromatic rings. The van der Waals surface area contributed by atoms with Crippen molar-refractivity contribution in [1.29, 1.82) is 0 Å². The average molecular weight is 272 g/mol. The van der Waals surface area contributed by atoms with Crippen LogP contribution in [0.15, 0.2) is 59.8 Å². The Morgan fingerprint density at radius 3 is 1.38 bits per heavy atom. The van der Waals surface area contributed by atoms with Gasteiger partial charge < -0.3 is 0 Å². The Labute approximate surface area is 126 Å². The molecular formula is C21H20. The molecule has 1 fully saturated rings. The molecule has 0 nitrogen and oxygen atoms in total. The maximum Gasteiger partial charge on any atom is 0.0321 e. The summed E-state index contributed by atoms with van der Waals surface area (Å²) in [7, 11) is 0. The van der Waals surface area contributed by atoms with Crippen molar-refractivity contribution in [2.45, 2.75) is 27.7 Å². The Kier molecular flexibility index (Phi) is 2.28. The first-order chi connectivity index (χ1) is 9.94. The molecule has 0 aromatic heterocycles. The van der Waals surface area contributed by atoms with Crippen molar-refractivity contribution in [2.24, 2.45) is 10.8 Å². The van der Waals surface area contributed by atoms with Gasteiger partial charge in [-0.1, -0.05) is 76.2 Å². The van der Waals surface area contributed by atoms with Gasteiger partial charge in [-0.3, -0.25) is 0 Å². The van der Waals surface area contributed by atoms with Gasteiger partial charge in [0.2, 0.25) is 0 Å². The number of hydrogen-bond donors (Lipinski definition) is 0. The number of fused-ring (bicyclic) bond motifs is 3. The molecule has 21 heavy (non-hydrogen) atoms. The minimum atomic E-state index is 0.256. The molecule has 0 radical (unpaired) electrons. The van der Waals surface area contributed by atoms with E-state index in [4.69, 9.17) is 0 Å². The fraction of sp³-hybridized carbons (Fsp3) is 0.286. The van der Waals surface area contributed by atoms with Crippen LogP contribution in [0, 0.1) is 10.8 Å². The van der Waals surface area contributed by atoms with E-state index in [-0.39, 0.29) is 10.8 Å². The average Bonchev–Trinajstić information content (AvgIpc) is 2.76. The first-order valence-corrected chi connectivity index (χ1v) is 7.65. The van der Waals surface area contributed by atoms with Crippen LogP contribution >= 0.6 is 0 Å². The molecule has 0 atom stereocenters. The van der Waals surface area contributed by atoms with Crippen LogP contribution in [0.3, 0.4) is 0 Å². The molecule has 0 aliphatic heterocycles. The van der Waals surface area contributed by atoms with Crippen LogP contribution in [-0.2, 0) is 0 Å². The van der Waals surface area contributed by atoms with Gasteiger partial charge in [-0.2, -0.15) is 0 Å². The highest BCUT2D eigenvalue weighted by atomic mass is 14.6. The van der Waals surface area contributed by atoms with Gasteiger partial charge in [0.1, 0.15) is 0 Å². The fourth-order valence-electron chi connectivity index (χ4n) is 3.62. The predicted molar refractivity (Wildman–Crippen MR) is 89.0 cm³/mol. The lowest BCUT2D eigenvalue weighted by Crippen LogP contribution is -1.95. The van der Waals surface area contributed by atoms with Gasteiger partial charge in [-0.25, -0.2) is 0 Å². The Morgan fingerprint density at radius 1 is 0.619 bits per heavy atom. The Balaban J connectivity index is 2.06. The fourth-order valence-corrected chi connectivity index (χ4v) is 3.62. The SMILES string of the molecule is CC1(C)C(=C=C2c3ccccc3-c3ccccc32)C1(C)C. The van der Waals surface area contributed by atoms with Crippen LogP contribution < -0.4 is 0 Å². The van der Waals surface area contributed by atoms with Crippen molar-refractivity contribution in [2.75, 3.05) is 0 Å². The van der Waals surface area contributed by atoms with Gasteiger partial charge in [0, 0.05) is 16.4 Å². The second kappa shape index (κ2) is 3.78. The van der Waals surface area contributed by atoms with Gasteiger partial charge in [-0.05, 0) is 27.8 Å². The third-order valence-corrected chi connectivity index (χ3v) is 5.68. The van der Waals surface area contributed by atoms with E-state index in [1.807, 2.05) is 0 Å². The highest BCUT2D eigenvalue weighted by Crippen LogP contribution is 2.68. The third-order valence-electron chi connectivity index (χ3n) is 5.68. The lowest BCUT2D eigenvalue weighted by molar-refractivity contribution is 0.457. The maximum absolute atomic E-state index is 3.78. The molecule has 1 saturated carbocycles. The Hall–Kier alpha value is -2.04. The second-order valence-electron chi connectivity index (χ2n) is 7.22. The van der Waals surface area contributed by atoms with Gasteiger partial charge in [-0.15, -0.1) is 5.73 Å². The summed E-state index contributed by atoms with van der Waals surface area (Å²) in [5.74, 6) is 0. The van der Waals surface area contributed by atoms with Crippen molar-refractivity contribution in [3.63, 3.8) is 0 Å². The van der Waals surface area contributed by atoms with Crippen LogP contribution in [0.25, 0.3) is 16.7 Å². The van der Waals surface area contributed by atoms with Crippen LogP contribution in [0.2, 0.25) is 0 Å². The molecule has 0 heterocycles. The van der Waals surface area contributed by atoms with E-state index in [1.165, 1.54) is 33.4 Å². The smallest absolute Gasteiger partial charge is 0.0321 e. The minimum Gasteiger partial charge on any atom is -0.111 e. The highest BCUT2D eigenvalue weighted by molar-refractivity contribution is 6.01. The summed E-state index contributed by atoms with van der Waals surface area (Å²) in [4.78, 5) is 0. The first kappa shape index (κ1) is 12.7. The van der Waals surface area contributed by atoms with Crippen molar-refractivity contribution in [3.8, 4) is 11.1 Å². The summed E-state index contributed by atoms with van der Waals surface area (Å²) in [5.41, 5.74) is 12.3. The first-order valence-electron chi connectivity index (χ1n) is 7.65. The monoisotopic (exact) mass is 272 g/mol. The molecule has 2 aliphatic rings. The van der Waals surface area contributed by atoms with Gasteiger partial charge in [0.05, 0.1) is 0 Å². The Morgan fingerprint density at radius 2 is 1.00 bits per heavy atom. The molecule has 0 heteroatoms. The van der Waals surface area contributed by atoms with Crippen molar-refractivity contribution in [3.05, 3.63) is 71.0 Å². The zero-order valence-corrected chi connectivity index (χ0v) is 13.1. The minimum absolute atomic E-state index is 0.256. The van der Waals surface area contributed by atoms with Gasteiger partial charge in [0.15, 0.2) is 0 Å². The largest absolute Gasteiger partial charge is 0.111 e. The van der Waals surface area contributed by atoms with E-state index in [2.05, 4.69) is 82.0 Å². The molecule has 4 rings (SSSR count). The molecule has 2 aliphatic carbocycles. The van der Waals surface area contributed by atoms with Crippen molar-refractivity contribution < 1.29 is 0 Å². The van der Waals surface area contributed by atoms with Gasteiger partial charge >= 0.3 is 0 Å². The zero-order valence-electron chi connectivity index (χ0n) is 13.1. The van der Waals surface area contributed by atoms with Crippen molar-refractivity contribution >= 4 is 5.57 Å². The van der Waals surface area contributed by atoms with Crippen molar-refractivity contribution in [1.82, 2.24) is 0 Å². The molecule has 0 saturated heterocycles. The maximum atomic E-state index is 3.78. The topological polar surface area (TPSA) is 0 Å². The summed E-state index contributed by atoms with van der Waals surface area (Å²) in [6.45, 7) is 9.29. The molecule has 0 unspecified atom stereocenters.